The molecule has 5 rings (SSSR count). The standard InChI is InChI=1S/C24H26N4S/c1-15-14-27-23(22(26-24(27)29-15)20-12-8-9-13-25-20)21-16(2)17(3)28(18(21)4)19-10-6-5-7-11-19/h5-13,15,22-23H,14H2,1-4H3/t15-,22+,23+/m0/s1. The fourth-order valence-corrected chi connectivity index (χ4v) is 5.93. The van der Waals surface area contributed by atoms with Crippen molar-refractivity contribution in [1.82, 2.24) is 14.5 Å². The van der Waals surface area contributed by atoms with Crippen LogP contribution in [-0.4, -0.2) is 31.4 Å². The average molecular weight is 403 g/mol. The lowest BCUT2D eigenvalue weighted by molar-refractivity contribution is 0.319. The van der Waals surface area contributed by atoms with Gasteiger partial charge in [-0.1, -0.05) is 43.0 Å². The Morgan fingerprint density at radius 1 is 0.966 bits per heavy atom. The van der Waals surface area contributed by atoms with E-state index < -0.39 is 0 Å². The highest BCUT2D eigenvalue weighted by Crippen LogP contribution is 2.50. The second-order valence-corrected chi connectivity index (χ2v) is 9.42. The van der Waals surface area contributed by atoms with E-state index in [1.807, 2.05) is 24.0 Å². The second kappa shape index (κ2) is 7.06. The van der Waals surface area contributed by atoms with Crippen LogP contribution in [0.25, 0.3) is 5.69 Å². The van der Waals surface area contributed by atoms with E-state index in [1.165, 1.54) is 33.4 Å². The quantitative estimate of drug-likeness (QED) is 0.589. The Labute approximate surface area is 176 Å². The maximum Gasteiger partial charge on any atom is 0.160 e. The number of amidine groups is 1. The zero-order valence-corrected chi connectivity index (χ0v) is 18.1. The predicted octanol–water partition coefficient (Wildman–Crippen LogP) is 5.39. The summed E-state index contributed by atoms with van der Waals surface area (Å²) in [6.45, 7) is 10.1. The zero-order valence-electron chi connectivity index (χ0n) is 17.3. The van der Waals surface area contributed by atoms with Crippen LogP contribution in [0.1, 0.15) is 47.2 Å². The van der Waals surface area contributed by atoms with Gasteiger partial charge in [0.05, 0.1) is 11.7 Å². The molecule has 0 amide bonds. The fourth-order valence-electron chi connectivity index (χ4n) is 4.84. The molecule has 0 spiro atoms. The summed E-state index contributed by atoms with van der Waals surface area (Å²) >= 11 is 1.89. The molecule has 0 N–H and O–H groups in total. The minimum atomic E-state index is 0.0367. The van der Waals surface area contributed by atoms with Gasteiger partial charge in [0.2, 0.25) is 0 Å². The van der Waals surface area contributed by atoms with Crippen molar-refractivity contribution in [3.05, 3.63) is 82.9 Å². The SMILES string of the molecule is Cc1c([C@@H]2[C@@H](c3ccccn3)N=C3S[C@@H](C)CN32)c(C)n(-c2ccccc2)c1C. The molecule has 0 saturated carbocycles. The van der Waals surface area contributed by atoms with Gasteiger partial charge in [0.25, 0.3) is 0 Å². The zero-order chi connectivity index (χ0) is 20.1. The van der Waals surface area contributed by atoms with Gasteiger partial charge in [0.15, 0.2) is 5.17 Å². The first kappa shape index (κ1) is 18.5. The molecule has 2 aliphatic heterocycles. The lowest BCUT2D eigenvalue weighted by atomic mass is 9.93. The highest BCUT2D eigenvalue weighted by Gasteiger charge is 2.45. The first-order valence-corrected chi connectivity index (χ1v) is 11.1. The van der Waals surface area contributed by atoms with E-state index in [0.29, 0.717) is 5.25 Å². The lowest BCUT2D eigenvalue weighted by Crippen LogP contribution is -2.29. The molecule has 2 aromatic heterocycles. The summed E-state index contributed by atoms with van der Waals surface area (Å²) in [5.41, 5.74) is 7.63. The molecule has 1 fully saturated rings. The number of aromatic nitrogens is 2. The largest absolute Gasteiger partial charge is 0.341 e. The summed E-state index contributed by atoms with van der Waals surface area (Å²) in [5, 5.41) is 1.74. The molecule has 0 radical (unpaired) electrons. The summed E-state index contributed by atoms with van der Waals surface area (Å²) in [5.74, 6) is 0. The molecular weight excluding hydrogens is 376 g/mol. The summed E-state index contributed by atoms with van der Waals surface area (Å²) in [6, 6.07) is 17.0. The maximum absolute atomic E-state index is 5.16. The van der Waals surface area contributed by atoms with E-state index >= 15 is 0 Å². The van der Waals surface area contributed by atoms with Crippen LogP contribution in [-0.2, 0) is 0 Å². The summed E-state index contributed by atoms with van der Waals surface area (Å²) in [6.07, 6.45) is 1.88. The van der Waals surface area contributed by atoms with E-state index in [0.717, 1.165) is 12.2 Å². The van der Waals surface area contributed by atoms with Gasteiger partial charge in [-0.3, -0.25) is 9.98 Å². The predicted molar refractivity (Wildman–Crippen MR) is 121 cm³/mol. The average Bonchev–Trinajstić information content (AvgIpc) is 3.33. The van der Waals surface area contributed by atoms with E-state index in [2.05, 4.69) is 84.6 Å². The molecular formula is C24H26N4S. The number of hydrogen-bond donors (Lipinski definition) is 0. The van der Waals surface area contributed by atoms with Crippen LogP contribution in [0.3, 0.4) is 0 Å². The van der Waals surface area contributed by atoms with Gasteiger partial charge in [-0.05, 0) is 50.6 Å². The van der Waals surface area contributed by atoms with E-state index in [9.17, 15) is 0 Å². The van der Waals surface area contributed by atoms with Crippen molar-refractivity contribution in [2.24, 2.45) is 4.99 Å². The van der Waals surface area contributed by atoms with E-state index in [-0.39, 0.29) is 12.1 Å². The molecule has 1 saturated heterocycles. The van der Waals surface area contributed by atoms with Crippen molar-refractivity contribution in [1.29, 1.82) is 0 Å². The number of nitrogens with zero attached hydrogens (tertiary/aromatic N) is 4. The third-order valence-electron chi connectivity index (χ3n) is 6.20. The molecule has 2 aliphatic rings. The molecule has 4 nitrogen and oxygen atoms in total. The molecule has 1 aromatic carbocycles. The van der Waals surface area contributed by atoms with Gasteiger partial charge in [-0.25, -0.2) is 0 Å². The highest BCUT2D eigenvalue weighted by molar-refractivity contribution is 8.14. The lowest BCUT2D eigenvalue weighted by Gasteiger charge is -2.28. The molecule has 0 aliphatic carbocycles. The van der Waals surface area contributed by atoms with Crippen LogP contribution in [0.15, 0.2) is 59.7 Å². The molecule has 0 unspecified atom stereocenters. The molecule has 29 heavy (non-hydrogen) atoms. The summed E-state index contributed by atoms with van der Waals surface area (Å²) < 4.78 is 2.39. The Hall–Kier alpha value is -2.53. The van der Waals surface area contributed by atoms with Crippen LogP contribution in [0, 0.1) is 20.8 Å². The fraction of sp³-hybridized carbons (Fsp3) is 0.333. The molecule has 3 atom stereocenters. The Morgan fingerprint density at radius 3 is 2.45 bits per heavy atom. The smallest absolute Gasteiger partial charge is 0.160 e. The van der Waals surface area contributed by atoms with Crippen LogP contribution in [0.5, 0.6) is 0 Å². The molecule has 148 valence electrons. The first-order valence-electron chi connectivity index (χ1n) is 10.2. The minimum absolute atomic E-state index is 0.0367. The molecule has 3 aromatic rings. The first-order chi connectivity index (χ1) is 14.1. The van der Waals surface area contributed by atoms with Gasteiger partial charge in [0, 0.05) is 40.6 Å². The third-order valence-corrected chi connectivity index (χ3v) is 7.30. The van der Waals surface area contributed by atoms with Gasteiger partial charge in [-0.2, -0.15) is 0 Å². The maximum atomic E-state index is 5.16. The monoisotopic (exact) mass is 402 g/mol. The van der Waals surface area contributed by atoms with E-state index in [4.69, 9.17) is 4.99 Å². The number of hydrogen-bond acceptors (Lipinski definition) is 4. The summed E-state index contributed by atoms with van der Waals surface area (Å²) in [4.78, 5) is 12.3. The van der Waals surface area contributed by atoms with Crippen molar-refractivity contribution >= 4 is 16.9 Å². The van der Waals surface area contributed by atoms with Crippen molar-refractivity contribution in [2.75, 3.05) is 6.54 Å². The van der Waals surface area contributed by atoms with Crippen LogP contribution < -0.4 is 0 Å². The molecule has 5 heteroatoms. The van der Waals surface area contributed by atoms with Crippen molar-refractivity contribution < 1.29 is 0 Å². The van der Waals surface area contributed by atoms with Gasteiger partial charge < -0.3 is 9.47 Å². The van der Waals surface area contributed by atoms with Crippen molar-refractivity contribution in [2.45, 2.75) is 45.0 Å². The van der Waals surface area contributed by atoms with Crippen molar-refractivity contribution in [3.8, 4) is 5.69 Å². The van der Waals surface area contributed by atoms with Gasteiger partial charge >= 0.3 is 0 Å². The number of fused-ring (bicyclic) bond motifs is 1. The second-order valence-electron chi connectivity index (χ2n) is 8.02. The Kier molecular flexibility index (Phi) is 4.50. The Bertz CT molecular complexity index is 1070. The van der Waals surface area contributed by atoms with Gasteiger partial charge in [-0.15, -0.1) is 0 Å². The Balaban J connectivity index is 1.67. The van der Waals surface area contributed by atoms with Gasteiger partial charge in [0.1, 0.15) is 6.04 Å². The van der Waals surface area contributed by atoms with E-state index in [1.54, 1.807) is 0 Å². The number of benzene rings is 1. The molecule has 0 bridgehead atoms. The number of aliphatic imine (C=N–C) groups is 1. The molecule has 4 heterocycles. The van der Waals surface area contributed by atoms with Crippen LogP contribution in [0.2, 0.25) is 0 Å². The third kappa shape index (κ3) is 2.91. The number of rotatable bonds is 3. The number of thioether (sulfide) groups is 1. The normalized spacial score (nSPS) is 23.4. The number of para-hydroxylation sites is 1. The number of pyridine rings is 1. The minimum Gasteiger partial charge on any atom is -0.341 e. The topological polar surface area (TPSA) is 33.4 Å². The Morgan fingerprint density at radius 2 is 1.72 bits per heavy atom. The van der Waals surface area contributed by atoms with Crippen molar-refractivity contribution in [3.63, 3.8) is 0 Å². The highest BCUT2D eigenvalue weighted by atomic mass is 32.2. The van der Waals surface area contributed by atoms with Crippen LogP contribution in [0.4, 0.5) is 0 Å². The summed E-state index contributed by atoms with van der Waals surface area (Å²) in [7, 11) is 0. The van der Waals surface area contributed by atoms with Crippen LogP contribution >= 0.6 is 11.8 Å².